The molecule has 0 aliphatic rings. The number of fused-ring (bicyclic) bond motifs is 1. The molecule has 0 aliphatic heterocycles. The minimum absolute atomic E-state index is 0.725. The number of rotatable bonds is 3. The van der Waals surface area contributed by atoms with E-state index in [-0.39, 0.29) is 0 Å². The number of aryl methyl sites for hydroxylation is 1. The molecule has 0 N–H and O–H groups in total. The van der Waals surface area contributed by atoms with Crippen LogP contribution in [0.3, 0.4) is 0 Å². The van der Waals surface area contributed by atoms with Crippen LogP contribution in [0.15, 0.2) is 31.4 Å². The molecule has 0 unspecified atom stereocenters. The summed E-state index contributed by atoms with van der Waals surface area (Å²) in [6.07, 6.45) is 7.33. The van der Waals surface area contributed by atoms with E-state index in [0.717, 1.165) is 22.5 Å². The first kappa shape index (κ1) is 13.8. The Morgan fingerprint density at radius 1 is 1.28 bits per heavy atom. The van der Waals surface area contributed by atoms with Crippen LogP contribution in [0.5, 0.6) is 0 Å². The van der Waals surface area contributed by atoms with Gasteiger partial charge in [-0.2, -0.15) is 4.52 Å². The predicted molar refractivity (Wildman–Crippen MR) is 76.2 cm³/mol. The summed E-state index contributed by atoms with van der Waals surface area (Å²) < 4.78 is 1.67. The summed E-state index contributed by atoms with van der Waals surface area (Å²) in [6, 6.07) is 1.94. The molecule has 0 aromatic carbocycles. The maximum absolute atomic E-state index is 3.92. The minimum Gasteiger partial charge on any atom is -0.193 e. The monoisotopic (exact) mass is 242 g/mol. The Morgan fingerprint density at radius 2 is 2.00 bits per heavy atom. The van der Waals surface area contributed by atoms with Crippen molar-refractivity contribution in [2.75, 3.05) is 0 Å². The van der Waals surface area contributed by atoms with Crippen molar-refractivity contribution in [1.82, 2.24) is 20.0 Å². The average molecular weight is 242 g/mol. The SMILES string of the molecule is C=C/C=C\c1c(C)cc2nnnn2c1C=C.CC. The molecule has 94 valence electrons. The number of tetrazole rings is 1. The number of allylic oxidation sites excluding steroid dienone is 2. The second-order valence-electron chi connectivity index (χ2n) is 3.37. The van der Waals surface area contributed by atoms with Crippen LogP contribution in [-0.2, 0) is 0 Å². The fraction of sp³-hybridized carbons (Fsp3) is 0.214. The molecular weight excluding hydrogens is 224 g/mol. The van der Waals surface area contributed by atoms with Crippen LogP contribution >= 0.6 is 0 Å². The van der Waals surface area contributed by atoms with Gasteiger partial charge in [0.1, 0.15) is 0 Å². The van der Waals surface area contributed by atoms with Crippen LogP contribution in [0.4, 0.5) is 0 Å². The zero-order valence-electron chi connectivity index (χ0n) is 11.1. The first-order valence-corrected chi connectivity index (χ1v) is 5.91. The Bertz CT molecular complexity index is 579. The molecule has 0 radical (unpaired) electrons. The summed E-state index contributed by atoms with van der Waals surface area (Å²) >= 11 is 0. The largest absolute Gasteiger partial charge is 0.193 e. The van der Waals surface area contributed by atoms with Gasteiger partial charge in [-0.05, 0) is 35.1 Å². The van der Waals surface area contributed by atoms with Gasteiger partial charge in [0.2, 0.25) is 0 Å². The van der Waals surface area contributed by atoms with E-state index in [1.165, 1.54) is 0 Å². The molecule has 2 rings (SSSR count). The Labute approximate surface area is 107 Å². The highest BCUT2D eigenvalue weighted by Crippen LogP contribution is 2.18. The van der Waals surface area contributed by atoms with E-state index in [4.69, 9.17) is 0 Å². The van der Waals surface area contributed by atoms with Crippen LogP contribution < -0.4 is 0 Å². The van der Waals surface area contributed by atoms with Crippen molar-refractivity contribution in [2.24, 2.45) is 0 Å². The molecule has 0 spiro atoms. The zero-order chi connectivity index (χ0) is 13.5. The molecule has 4 heteroatoms. The van der Waals surface area contributed by atoms with Crippen LogP contribution in [0.2, 0.25) is 0 Å². The quantitative estimate of drug-likeness (QED) is 0.775. The fourth-order valence-electron chi connectivity index (χ4n) is 1.62. The molecule has 0 amide bonds. The van der Waals surface area contributed by atoms with E-state index < -0.39 is 0 Å². The molecule has 2 aromatic rings. The lowest BCUT2D eigenvalue weighted by molar-refractivity contribution is 0.816. The van der Waals surface area contributed by atoms with Gasteiger partial charge in [0.15, 0.2) is 5.65 Å². The summed E-state index contributed by atoms with van der Waals surface area (Å²) in [5.74, 6) is 0. The molecule has 0 aliphatic carbocycles. The Hall–Kier alpha value is -2.23. The summed E-state index contributed by atoms with van der Waals surface area (Å²) in [7, 11) is 0. The van der Waals surface area contributed by atoms with Crippen molar-refractivity contribution in [2.45, 2.75) is 20.8 Å². The van der Waals surface area contributed by atoms with Crippen LogP contribution in [0, 0.1) is 6.92 Å². The number of aromatic nitrogens is 4. The fourth-order valence-corrected chi connectivity index (χ4v) is 1.62. The van der Waals surface area contributed by atoms with Crippen molar-refractivity contribution in [1.29, 1.82) is 0 Å². The summed E-state index contributed by atoms with van der Waals surface area (Å²) in [5.41, 5.74) is 3.77. The Balaban J connectivity index is 0.000000771. The standard InChI is InChI=1S/C12H12N4.C2H6/c1-4-6-7-10-9(3)8-12-13-14-15-16(12)11(10)5-2;1-2/h4-8H,1-2H2,3H3;1-2H3/b7-6-;. The summed E-state index contributed by atoms with van der Waals surface area (Å²) in [6.45, 7) is 13.5. The Morgan fingerprint density at radius 3 is 2.61 bits per heavy atom. The average Bonchev–Trinajstić information content (AvgIpc) is 2.85. The van der Waals surface area contributed by atoms with Gasteiger partial charge in [-0.3, -0.25) is 0 Å². The van der Waals surface area contributed by atoms with Gasteiger partial charge in [-0.25, -0.2) is 0 Å². The second kappa shape index (κ2) is 6.49. The molecule has 0 bridgehead atoms. The van der Waals surface area contributed by atoms with E-state index in [1.807, 2.05) is 39.0 Å². The maximum atomic E-state index is 3.92. The van der Waals surface area contributed by atoms with Gasteiger partial charge in [-0.15, -0.1) is 5.10 Å². The maximum Gasteiger partial charge on any atom is 0.180 e. The van der Waals surface area contributed by atoms with Crippen LogP contribution in [-0.4, -0.2) is 20.0 Å². The predicted octanol–water partition coefficient (Wildman–Crippen LogP) is 3.30. The van der Waals surface area contributed by atoms with Gasteiger partial charge in [0, 0.05) is 5.56 Å². The minimum atomic E-state index is 0.725. The number of nitrogens with zero attached hydrogens (tertiary/aromatic N) is 4. The van der Waals surface area contributed by atoms with Gasteiger partial charge in [0.05, 0.1) is 5.69 Å². The normalized spacial score (nSPS) is 10.2. The van der Waals surface area contributed by atoms with Crippen molar-refractivity contribution in [3.63, 3.8) is 0 Å². The third kappa shape index (κ3) is 2.53. The van der Waals surface area contributed by atoms with E-state index in [2.05, 4.69) is 28.7 Å². The molecule has 4 nitrogen and oxygen atoms in total. The zero-order valence-corrected chi connectivity index (χ0v) is 11.1. The third-order valence-corrected chi connectivity index (χ3v) is 2.36. The first-order chi connectivity index (χ1) is 8.77. The summed E-state index contributed by atoms with van der Waals surface area (Å²) in [4.78, 5) is 0. The topological polar surface area (TPSA) is 43.1 Å². The van der Waals surface area contributed by atoms with Gasteiger partial charge >= 0.3 is 0 Å². The van der Waals surface area contributed by atoms with Gasteiger partial charge in [0.25, 0.3) is 0 Å². The Kier molecular flexibility index (Phi) is 4.99. The van der Waals surface area contributed by atoms with E-state index in [1.54, 1.807) is 16.7 Å². The van der Waals surface area contributed by atoms with Gasteiger partial charge in [-0.1, -0.05) is 45.2 Å². The lowest BCUT2D eigenvalue weighted by Gasteiger charge is -2.06. The van der Waals surface area contributed by atoms with Crippen molar-refractivity contribution < 1.29 is 0 Å². The van der Waals surface area contributed by atoms with Gasteiger partial charge < -0.3 is 0 Å². The molecule has 0 saturated heterocycles. The molecule has 0 atom stereocenters. The van der Waals surface area contributed by atoms with Crippen molar-refractivity contribution in [3.05, 3.63) is 48.2 Å². The molecule has 2 heterocycles. The van der Waals surface area contributed by atoms with Crippen LogP contribution in [0.1, 0.15) is 30.7 Å². The highest BCUT2D eigenvalue weighted by Gasteiger charge is 2.08. The highest BCUT2D eigenvalue weighted by molar-refractivity contribution is 5.68. The molecule has 0 fully saturated rings. The molecule has 0 saturated carbocycles. The third-order valence-electron chi connectivity index (χ3n) is 2.36. The lowest BCUT2D eigenvalue weighted by Crippen LogP contribution is -1.99. The lowest BCUT2D eigenvalue weighted by atomic mass is 10.1. The van der Waals surface area contributed by atoms with Crippen molar-refractivity contribution >= 4 is 17.8 Å². The first-order valence-electron chi connectivity index (χ1n) is 5.91. The molecule has 2 aromatic heterocycles. The van der Waals surface area contributed by atoms with E-state index >= 15 is 0 Å². The van der Waals surface area contributed by atoms with Crippen LogP contribution in [0.25, 0.3) is 17.8 Å². The number of hydrogen-bond donors (Lipinski definition) is 0. The smallest absolute Gasteiger partial charge is 0.180 e. The molecular formula is C14H18N4. The molecule has 18 heavy (non-hydrogen) atoms. The number of pyridine rings is 1. The number of hydrogen-bond acceptors (Lipinski definition) is 3. The van der Waals surface area contributed by atoms with Crippen molar-refractivity contribution in [3.8, 4) is 0 Å². The highest BCUT2D eigenvalue weighted by atomic mass is 15.5. The van der Waals surface area contributed by atoms with E-state index in [0.29, 0.717) is 0 Å². The van der Waals surface area contributed by atoms with E-state index in [9.17, 15) is 0 Å². The second-order valence-corrected chi connectivity index (χ2v) is 3.37. The summed E-state index contributed by atoms with van der Waals surface area (Å²) in [5, 5.41) is 11.5.